The van der Waals surface area contributed by atoms with Gasteiger partial charge in [-0.2, -0.15) is 9.97 Å². The van der Waals surface area contributed by atoms with Crippen LogP contribution < -0.4 is 10.5 Å². The van der Waals surface area contributed by atoms with E-state index in [0.29, 0.717) is 0 Å². The van der Waals surface area contributed by atoms with E-state index in [1.807, 2.05) is 0 Å². The fourth-order valence-electron chi connectivity index (χ4n) is 1.04. The van der Waals surface area contributed by atoms with Crippen molar-refractivity contribution < 1.29 is 34.0 Å². The molecule has 0 spiro atoms. The van der Waals surface area contributed by atoms with Crippen LogP contribution in [0.25, 0.3) is 0 Å². The lowest BCUT2D eigenvalue weighted by molar-refractivity contribution is 0.000448. The van der Waals surface area contributed by atoms with Gasteiger partial charge >= 0.3 is 7.60 Å². The summed E-state index contributed by atoms with van der Waals surface area (Å²) in [5, 5.41) is 18.1. The molecule has 1 aromatic heterocycles. The molecule has 10 nitrogen and oxygen atoms in total. The molecule has 1 aromatic rings. The molecule has 0 aromatic carbocycles. The van der Waals surface area contributed by atoms with Crippen molar-refractivity contribution in [2.75, 3.05) is 25.3 Å². The summed E-state index contributed by atoms with van der Waals surface area (Å²) < 4.78 is 20.4. The Morgan fingerprint density at radius 2 is 2.11 bits per heavy atom. The number of aliphatic hydroxyl groups is 1. The van der Waals surface area contributed by atoms with E-state index in [9.17, 15) is 4.57 Å². The zero-order chi connectivity index (χ0) is 14.5. The van der Waals surface area contributed by atoms with Gasteiger partial charge in [0, 0.05) is 0 Å². The second-order valence-electron chi connectivity index (χ2n) is 3.50. The van der Waals surface area contributed by atoms with Crippen LogP contribution in [0.4, 0.5) is 5.95 Å². The van der Waals surface area contributed by atoms with Gasteiger partial charge in [0.2, 0.25) is 17.7 Å². The highest BCUT2D eigenvalue weighted by atomic mass is 31.2. The Morgan fingerprint density at radius 1 is 1.42 bits per heavy atom. The molecule has 0 aliphatic rings. The third-order valence-electron chi connectivity index (χ3n) is 1.81. The number of aromatic nitrogens is 2. The Morgan fingerprint density at radius 3 is 2.63 bits per heavy atom. The molecule has 0 bridgehead atoms. The van der Waals surface area contributed by atoms with Crippen molar-refractivity contribution in [3.05, 3.63) is 6.07 Å². The van der Waals surface area contributed by atoms with Gasteiger partial charge in [0.25, 0.3) is 0 Å². The van der Waals surface area contributed by atoms with Crippen molar-refractivity contribution in [3.8, 4) is 11.8 Å². The smallest absolute Gasteiger partial charge is 0.350 e. The van der Waals surface area contributed by atoms with Gasteiger partial charge in [-0.3, -0.25) is 4.57 Å². The van der Waals surface area contributed by atoms with E-state index in [-0.39, 0.29) is 24.3 Å². The summed E-state index contributed by atoms with van der Waals surface area (Å²) in [6.07, 6.45) is -1.79. The van der Waals surface area contributed by atoms with Crippen LogP contribution in [0.1, 0.15) is 0 Å². The van der Waals surface area contributed by atoms with Gasteiger partial charge < -0.3 is 35.2 Å². The lowest BCUT2D eigenvalue weighted by Crippen LogP contribution is -2.26. The first-order chi connectivity index (χ1) is 8.80. The van der Waals surface area contributed by atoms with Crippen molar-refractivity contribution in [1.82, 2.24) is 9.97 Å². The SMILES string of the molecule is Nc1nc(O)cc(OC[C@H](CO)OCP(=O)(O)O)n1. The number of aliphatic hydroxyl groups excluding tert-OH is 1. The molecule has 0 aliphatic heterocycles. The lowest BCUT2D eigenvalue weighted by atomic mass is 10.4. The Hall–Kier alpha value is -1.45. The summed E-state index contributed by atoms with van der Waals surface area (Å²) >= 11 is 0. The predicted octanol–water partition coefficient (Wildman–Crippen LogP) is -1.34. The molecule has 0 fully saturated rings. The highest BCUT2D eigenvalue weighted by Gasteiger charge is 2.18. The number of nitrogens with zero attached hydrogens (tertiary/aromatic N) is 2. The van der Waals surface area contributed by atoms with Crippen LogP contribution in [0.3, 0.4) is 0 Å². The van der Waals surface area contributed by atoms with Crippen molar-refractivity contribution >= 4 is 13.5 Å². The quantitative estimate of drug-likeness (QED) is 0.379. The summed E-state index contributed by atoms with van der Waals surface area (Å²) in [5.41, 5.74) is 5.27. The average molecular weight is 295 g/mol. The largest absolute Gasteiger partial charge is 0.493 e. The van der Waals surface area contributed by atoms with Crippen molar-refractivity contribution in [2.45, 2.75) is 6.10 Å². The normalized spacial score (nSPS) is 13.2. The molecule has 19 heavy (non-hydrogen) atoms. The molecular formula is C8H14N3O7P. The van der Waals surface area contributed by atoms with E-state index in [2.05, 4.69) is 9.97 Å². The van der Waals surface area contributed by atoms with E-state index in [4.69, 9.17) is 35.2 Å². The minimum Gasteiger partial charge on any atom is -0.493 e. The van der Waals surface area contributed by atoms with E-state index in [1.54, 1.807) is 0 Å². The number of hydrogen-bond donors (Lipinski definition) is 5. The van der Waals surface area contributed by atoms with Gasteiger partial charge in [0.15, 0.2) is 0 Å². The number of hydrogen-bond acceptors (Lipinski definition) is 8. The lowest BCUT2D eigenvalue weighted by Gasteiger charge is -2.16. The molecule has 0 saturated heterocycles. The number of aromatic hydroxyl groups is 1. The molecule has 6 N–H and O–H groups in total. The Balaban J connectivity index is 2.50. The van der Waals surface area contributed by atoms with Crippen LogP contribution >= 0.6 is 7.60 Å². The minimum absolute atomic E-state index is 0.0526. The van der Waals surface area contributed by atoms with Gasteiger partial charge in [-0.15, -0.1) is 0 Å². The third-order valence-corrected chi connectivity index (χ3v) is 2.29. The topological polar surface area (TPSA) is 168 Å². The van der Waals surface area contributed by atoms with E-state index in [1.165, 1.54) is 0 Å². The van der Waals surface area contributed by atoms with Crippen molar-refractivity contribution in [3.63, 3.8) is 0 Å². The first-order valence-electron chi connectivity index (χ1n) is 5.03. The van der Waals surface area contributed by atoms with Crippen LogP contribution in [-0.2, 0) is 9.30 Å². The maximum Gasteiger partial charge on any atom is 0.350 e. The second kappa shape index (κ2) is 6.64. The van der Waals surface area contributed by atoms with Crippen LogP contribution in [0, 0.1) is 0 Å². The van der Waals surface area contributed by atoms with Crippen LogP contribution in [-0.4, -0.2) is 55.6 Å². The fraction of sp³-hybridized carbons (Fsp3) is 0.500. The minimum atomic E-state index is -4.32. The zero-order valence-electron chi connectivity index (χ0n) is 9.71. The van der Waals surface area contributed by atoms with Gasteiger partial charge in [-0.05, 0) is 0 Å². The molecule has 1 heterocycles. The zero-order valence-corrected chi connectivity index (χ0v) is 10.6. The molecule has 0 unspecified atom stereocenters. The molecular weight excluding hydrogens is 281 g/mol. The summed E-state index contributed by atoms with van der Waals surface area (Å²) in [4.78, 5) is 24.3. The fourth-order valence-corrected chi connectivity index (χ4v) is 1.44. The van der Waals surface area contributed by atoms with Crippen molar-refractivity contribution in [2.24, 2.45) is 0 Å². The number of anilines is 1. The summed E-state index contributed by atoms with van der Waals surface area (Å²) in [5.74, 6) is -0.644. The number of rotatable bonds is 7. The third kappa shape index (κ3) is 6.32. The molecule has 1 atom stereocenters. The summed E-state index contributed by atoms with van der Waals surface area (Å²) in [7, 11) is -4.32. The van der Waals surface area contributed by atoms with Gasteiger partial charge in [0.1, 0.15) is 19.1 Å². The highest BCUT2D eigenvalue weighted by molar-refractivity contribution is 7.51. The average Bonchev–Trinajstić information content (AvgIpc) is 2.26. The number of nitrogen functional groups attached to an aromatic ring is 1. The Labute approximate surface area is 108 Å². The summed E-state index contributed by atoms with van der Waals surface area (Å²) in [6, 6.07) is 1.09. The standard InChI is InChI=1S/C8H14N3O7P/c9-8-10-6(13)1-7(11-8)17-3-5(2-12)18-4-19(14,15)16/h1,5,12H,2-4H2,(H2,14,15,16)(H3,9,10,11,13)/t5-/m0/s1. The van der Waals surface area contributed by atoms with E-state index >= 15 is 0 Å². The van der Waals surface area contributed by atoms with E-state index in [0.717, 1.165) is 6.07 Å². The van der Waals surface area contributed by atoms with Gasteiger partial charge in [0.05, 0.1) is 12.7 Å². The highest BCUT2D eigenvalue weighted by Crippen LogP contribution is 2.34. The number of nitrogens with two attached hydrogens (primary N) is 1. The van der Waals surface area contributed by atoms with E-state index < -0.39 is 26.7 Å². The van der Waals surface area contributed by atoms with Crippen LogP contribution in [0.5, 0.6) is 11.8 Å². The van der Waals surface area contributed by atoms with Crippen molar-refractivity contribution in [1.29, 1.82) is 0 Å². The van der Waals surface area contributed by atoms with Gasteiger partial charge in [-0.25, -0.2) is 0 Å². The predicted molar refractivity (Wildman–Crippen MR) is 62.5 cm³/mol. The number of ether oxygens (including phenoxy) is 2. The maximum absolute atomic E-state index is 10.6. The van der Waals surface area contributed by atoms with Crippen LogP contribution in [0.2, 0.25) is 0 Å². The first kappa shape index (κ1) is 15.6. The van der Waals surface area contributed by atoms with Gasteiger partial charge in [-0.1, -0.05) is 0 Å². The molecule has 11 heteroatoms. The molecule has 1 rings (SSSR count). The summed E-state index contributed by atoms with van der Waals surface area (Å²) in [6.45, 7) is -0.737. The second-order valence-corrected chi connectivity index (χ2v) is 5.09. The molecule has 0 aliphatic carbocycles. The maximum atomic E-state index is 10.6. The molecule has 0 amide bonds. The Bertz CT molecular complexity index is 445. The first-order valence-corrected chi connectivity index (χ1v) is 6.83. The monoisotopic (exact) mass is 295 g/mol. The van der Waals surface area contributed by atoms with Crippen LogP contribution in [0.15, 0.2) is 6.07 Å². The molecule has 0 saturated carbocycles. The molecule has 108 valence electrons. The molecule has 0 radical (unpaired) electrons. The Kier molecular flexibility index (Phi) is 5.45.